The minimum absolute atomic E-state index is 0.207. The lowest BCUT2D eigenvalue weighted by molar-refractivity contribution is 0.0697. The quantitative estimate of drug-likeness (QED) is 0.518. The molecule has 0 unspecified atom stereocenters. The zero-order valence-electron chi connectivity index (χ0n) is 16.4. The molecule has 0 radical (unpaired) electrons. The van der Waals surface area contributed by atoms with Crippen molar-refractivity contribution in [2.24, 2.45) is 0 Å². The highest BCUT2D eigenvalue weighted by molar-refractivity contribution is 5.89. The first kappa shape index (κ1) is 19.2. The van der Waals surface area contributed by atoms with Gasteiger partial charge in [0.1, 0.15) is 5.69 Å². The third-order valence-corrected chi connectivity index (χ3v) is 4.74. The number of carboxylic acids is 1. The zero-order valence-corrected chi connectivity index (χ0v) is 16.4. The number of hydrogen-bond donors (Lipinski definition) is 1. The van der Waals surface area contributed by atoms with Crippen LogP contribution in [0.1, 0.15) is 10.4 Å². The number of nitrogens with zero attached hydrogens (tertiary/aromatic N) is 3. The highest BCUT2D eigenvalue weighted by Gasteiger charge is 2.12. The van der Waals surface area contributed by atoms with Crippen molar-refractivity contribution in [1.29, 1.82) is 0 Å². The van der Waals surface area contributed by atoms with E-state index in [-0.39, 0.29) is 5.56 Å². The number of carboxylic acid groups (broad SMARTS) is 1. The van der Waals surface area contributed by atoms with Crippen LogP contribution in [0.5, 0.6) is 11.5 Å². The minimum Gasteiger partial charge on any atom is -0.493 e. The number of ether oxygens (including phenoxy) is 2. The molecule has 0 saturated heterocycles. The molecule has 7 heteroatoms. The third kappa shape index (κ3) is 3.60. The van der Waals surface area contributed by atoms with Gasteiger partial charge < -0.3 is 14.6 Å². The molecule has 0 aliphatic heterocycles. The molecule has 0 saturated carbocycles. The first-order chi connectivity index (χ1) is 14.6. The fraction of sp³-hybridized carbons (Fsp3) is 0.0870. The molecule has 1 aromatic heterocycles. The van der Waals surface area contributed by atoms with Gasteiger partial charge >= 0.3 is 5.97 Å². The molecule has 1 N–H and O–H groups in total. The average molecular weight is 401 g/mol. The van der Waals surface area contributed by atoms with E-state index in [0.717, 1.165) is 16.8 Å². The normalized spacial score (nSPS) is 10.6. The summed E-state index contributed by atoms with van der Waals surface area (Å²) in [4.78, 5) is 11.2. The van der Waals surface area contributed by atoms with Crippen molar-refractivity contribution in [3.8, 4) is 39.6 Å². The van der Waals surface area contributed by atoms with E-state index in [1.807, 2.05) is 42.5 Å². The maximum Gasteiger partial charge on any atom is 0.335 e. The lowest BCUT2D eigenvalue weighted by Gasteiger charge is -2.13. The summed E-state index contributed by atoms with van der Waals surface area (Å²) < 4.78 is 12.5. The molecule has 4 rings (SSSR count). The molecule has 4 aromatic rings. The fourth-order valence-electron chi connectivity index (χ4n) is 3.24. The number of methoxy groups -OCH3 is 2. The molecule has 0 amide bonds. The maximum absolute atomic E-state index is 11.2. The van der Waals surface area contributed by atoms with E-state index in [4.69, 9.17) is 9.47 Å². The molecule has 7 nitrogen and oxygen atoms in total. The second-order valence-corrected chi connectivity index (χ2v) is 6.52. The van der Waals surface area contributed by atoms with Gasteiger partial charge in [-0.15, -0.1) is 5.10 Å². The molecule has 0 aliphatic carbocycles. The van der Waals surface area contributed by atoms with Crippen LogP contribution in [0.25, 0.3) is 28.1 Å². The van der Waals surface area contributed by atoms with Gasteiger partial charge in [0, 0.05) is 11.1 Å². The Morgan fingerprint density at radius 2 is 1.70 bits per heavy atom. The van der Waals surface area contributed by atoms with E-state index in [0.29, 0.717) is 22.8 Å². The van der Waals surface area contributed by atoms with Crippen LogP contribution in [0.2, 0.25) is 0 Å². The van der Waals surface area contributed by atoms with E-state index in [1.54, 1.807) is 49.4 Å². The molecule has 1 heterocycles. The summed E-state index contributed by atoms with van der Waals surface area (Å²) in [6.07, 6.45) is 1.77. The third-order valence-electron chi connectivity index (χ3n) is 4.74. The van der Waals surface area contributed by atoms with E-state index in [2.05, 4.69) is 10.3 Å². The van der Waals surface area contributed by atoms with Crippen LogP contribution in [-0.2, 0) is 0 Å². The summed E-state index contributed by atoms with van der Waals surface area (Å²) >= 11 is 0. The van der Waals surface area contributed by atoms with Crippen molar-refractivity contribution in [2.75, 3.05) is 14.2 Å². The summed E-state index contributed by atoms with van der Waals surface area (Å²) in [5.41, 5.74) is 4.22. The Bertz CT molecular complexity index is 1200. The summed E-state index contributed by atoms with van der Waals surface area (Å²) in [5.74, 6) is 0.366. The molecule has 0 bridgehead atoms. The molecule has 30 heavy (non-hydrogen) atoms. The Morgan fingerprint density at radius 3 is 2.40 bits per heavy atom. The van der Waals surface area contributed by atoms with Gasteiger partial charge in [-0.3, -0.25) is 0 Å². The van der Waals surface area contributed by atoms with Crippen molar-refractivity contribution in [1.82, 2.24) is 15.0 Å². The number of aromatic carboxylic acids is 1. The van der Waals surface area contributed by atoms with E-state index in [9.17, 15) is 9.90 Å². The molecular weight excluding hydrogens is 382 g/mol. The van der Waals surface area contributed by atoms with E-state index < -0.39 is 5.97 Å². The van der Waals surface area contributed by atoms with E-state index >= 15 is 0 Å². The van der Waals surface area contributed by atoms with Crippen molar-refractivity contribution < 1.29 is 19.4 Å². The summed E-state index contributed by atoms with van der Waals surface area (Å²) in [6.45, 7) is 0. The van der Waals surface area contributed by atoms with Crippen molar-refractivity contribution in [3.05, 3.63) is 78.5 Å². The number of para-hydroxylation sites is 1. The van der Waals surface area contributed by atoms with Crippen molar-refractivity contribution >= 4 is 5.97 Å². The average Bonchev–Trinajstić information content (AvgIpc) is 3.29. The Morgan fingerprint density at radius 1 is 0.933 bits per heavy atom. The number of carbonyl (C=O) groups is 1. The molecular formula is C23H19N3O4. The predicted octanol–water partition coefficient (Wildman–Crippen LogP) is 4.32. The standard InChI is InChI=1S/C23H19N3O4/c1-29-21-8-4-7-19(22(21)30-2)15-9-11-18(12-10-15)26-14-20(24-25-26)16-5-3-6-17(13-16)23(27)28/h3-14H,1-2H3,(H,27,28). The Balaban J connectivity index is 1.64. The van der Waals surface area contributed by atoms with Crippen molar-refractivity contribution in [3.63, 3.8) is 0 Å². The second kappa shape index (κ2) is 8.08. The van der Waals surface area contributed by atoms with Crippen LogP contribution >= 0.6 is 0 Å². The van der Waals surface area contributed by atoms with E-state index in [1.165, 1.54) is 0 Å². The highest BCUT2D eigenvalue weighted by Crippen LogP contribution is 2.37. The summed E-state index contributed by atoms with van der Waals surface area (Å²) in [7, 11) is 3.23. The van der Waals surface area contributed by atoms with Gasteiger partial charge in [0.25, 0.3) is 0 Å². The molecule has 0 atom stereocenters. The van der Waals surface area contributed by atoms with Gasteiger partial charge in [0.05, 0.1) is 31.7 Å². The lowest BCUT2D eigenvalue weighted by Crippen LogP contribution is -1.96. The van der Waals surface area contributed by atoms with Crippen LogP contribution in [0.4, 0.5) is 0 Å². The fourth-order valence-corrected chi connectivity index (χ4v) is 3.24. The van der Waals surface area contributed by atoms with Gasteiger partial charge in [-0.05, 0) is 35.9 Å². The van der Waals surface area contributed by atoms with Crippen LogP contribution in [0.3, 0.4) is 0 Å². The number of aromatic nitrogens is 3. The summed E-state index contributed by atoms with van der Waals surface area (Å²) in [6, 6.07) is 20.2. The minimum atomic E-state index is -0.979. The molecule has 150 valence electrons. The Labute approximate surface area is 173 Å². The number of hydrogen-bond acceptors (Lipinski definition) is 5. The molecule has 0 aliphatic rings. The van der Waals surface area contributed by atoms with Gasteiger partial charge in [0.2, 0.25) is 0 Å². The highest BCUT2D eigenvalue weighted by atomic mass is 16.5. The van der Waals surface area contributed by atoms with Gasteiger partial charge in [0.15, 0.2) is 11.5 Å². The predicted molar refractivity (Wildman–Crippen MR) is 112 cm³/mol. The number of benzene rings is 3. The van der Waals surface area contributed by atoms with Crippen LogP contribution in [0.15, 0.2) is 72.9 Å². The smallest absolute Gasteiger partial charge is 0.335 e. The SMILES string of the molecule is COc1cccc(-c2ccc(-n3cc(-c4cccc(C(=O)O)c4)nn3)cc2)c1OC. The van der Waals surface area contributed by atoms with Gasteiger partial charge in [-0.25, -0.2) is 9.48 Å². The van der Waals surface area contributed by atoms with Crippen LogP contribution < -0.4 is 9.47 Å². The number of rotatable bonds is 6. The molecule has 3 aromatic carbocycles. The second-order valence-electron chi connectivity index (χ2n) is 6.52. The van der Waals surface area contributed by atoms with Gasteiger partial charge in [-0.1, -0.05) is 41.6 Å². The zero-order chi connectivity index (χ0) is 21.1. The molecule has 0 spiro atoms. The first-order valence-electron chi connectivity index (χ1n) is 9.18. The first-order valence-corrected chi connectivity index (χ1v) is 9.18. The monoisotopic (exact) mass is 401 g/mol. The maximum atomic E-state index is 11.2. The van der Waals surface area contributed by atoms with Crippen LogP contribution in [-0.4, -0.2) is 40.3 Å². The Hall–Kier alpha value is -4.13. The van der Waals surface area contributed by atoms with Crippen molar-refractivity contribution in [2.45, 2.75) is 0 Å². The summed E-state index contributed by atoms with van der Waals surface area (Å²) in [5, 5.41) is 17.5. The Kier molecular flexibility index (Phi) is 5.17. The lowest BCUT2D eigenvalue weighted by atomic mass is 10.0. The van der Waals surface area contributed by atoms with Crippen LogP contribution in [0, 0.1) is 0 Å². The largest absolute Gasteiger partial charge is 0.493 e. The molecule has 0 fully saturated rings. The topological polar surface area (TPSA) is 86.5 Å². The van der Waals surface area contributed by atoms with Gasteiger partial charge in [-0.2, -0.15) is 0 Å².